The number of nitrogens with zero attached hydrogens (tertiary/aromatic N) is 2. The molecule has 0 unspecified atom stereocenters. The molecule has 1 saturated heterocycles. The fourth-order valence-electron chi connectivity index (χ4n) is 1.88. The molecule has 0 bridgehead atoms. The number of carbonyl (C=O) groups is 2. The Bertz CT molecular complexity index is 353. The summed E-state index contributed by atoms with van der Waals surface area (Å²) in [5, 5.41) is 19.5. The number of carbonyl (C=O) groups excluding carboxylic acids is 1. The predicted molar refractivity (Wildman–Crippen MR) is 53.4 cm³/mol. The number of likely N-dealkylation sites (tertiary alicyclic amines) is 1. The average molecular weight is 223 g/mol. The van der Waals surface area contributed by atoms with Crippen molar-refractivity contribution < 1.29 is 14.7 Å². The molecule has 2 fully saturated rings. The lowest BCUT2D eigenvalue weighted by atomic mass is 10.00. The van der Waals surface area contributed by atoms with Crippen LogP contribution in [0.3, 0.4) is 0 Å². The van der Waals surface area contributed by atoms with Gasteiger partial charge in [-0.05, 0) is 18.8 Å². The topological polar surface area (TPSA) is 93.4 Å². The van der Waals surface area contributed by atoms with Gasteiger partial charge in [-0.3, -0.25) is 4.79 Å². The van der Waals surface area contributed by atoms with Gasteiger partial charge in [0.25, 0.3) is 0 Å². The summed E-state index contributed by atoms with van der Waals surface area (Å²) in [7, 11) is 0. The van der Waals surface area contributed by atoms with Gasteiger partial charge in [0.1, 0.15) is 6.04 Å². The van der Waals surface area contributed by atoms with E-state index >= 15 is 0 Å². The summed E-state index contributed by atoms with van der Waals surface area (Å²) < 4.78 is 0. The standard InChI is InChI=1S/C10H13N3O3/c11-3-6-4-13(5-6)9(14)8(7-1-2-7)12-10(15)16/h6-8,12H,1-2,4-5H2,(H,15,16)/t8-/m1/s1. The SMILES string of the molecule is N#CC1CN(C(=O)[C@H](NC(=O)O)C2CC2)C1. The van der Waals surface area contributed by atoms with Crippen molar-refractivity contribution in [3.63, 3.8) is 0 Å². The summed E-state index contributed by atoms with van der Waals surface area (Å²) >= 11 is 0. The van der Waals surface area contributed by atoms with E-state index in [1.165, 1.54) is 0 Å². The molecule has 1 aliphatic carbocycles. The molecule has 0 aromatic carbocycles. The van der Waals surface area contributed by atoms with E-state index in [0.717, 1.165) is 12.8 Å². The smallest absolute Gasteiger partial charge is 0.405 e. The van der Waals surface area contributed by atoms with E-state index in [1.54, 1.807) is 4.90 Å². The van der Waals surface area contributed by atoms with Gasteiger partial charge < -0.3 is 15.3 Å². The van der Waals surface area contributed by atoms with Crippen molar-refractivity contribution in [1.29, 1.82) is 5.26 Å². The molecule has 0 radical (unpaired) electrons. The lowest BCUT2D eigenvalue weighted by Crippen LogP contribution is -2.57. The molecule has 6 heteroatoms. The molecule has 2 N–H and O–H groups in total. The van der Waals surface area contributed by atoms with Crippen LogP contribution in [0.1, 0.15) is 12.8 Å². The number of rotatable bonds is 3. The van der Waals surface area contributed by atoms with E-state index in [4.69, 9.17) is 10.4 Å². The highest BCUT2D eigenvalue weighted by Crippen LogP contribution is 2.34. The fourth-order valence-corrected chi connectivity index (χ4v) is 1.88. The van der Waals surface area contributed by atoms with Crippen molar-refractivity contribution in [2.45, 2.75) is 18.9 Å². The van der Waals surface area contributed by atoms with E-state index in [9.17, 15) is 9.59 Å². The molecule has 1 aliphatic heterocycles. The summed E-state index contributed by atoms with van der Waals surface area (Å²) in [6, 6.07) is 1.47. The van der Waals surface area contributed by atoms with E-state index in [1.807, 2.05) is 0 Å². The third-order valence-corrected chi connectivity index (χ3v) is 3.01. The molecule has 1 heterocycles. The Morgan fingerprint density at radius 1 is 1.44 bits per heavy atom. The lowest BCUT2D eigenvalue weighted by Gasteiger charge is -2.37. The molecule has 1 saturated carbocycles. The minimum absolute atomic E-state index is 0.0892. The van der Waals surface area contributed by atoms with Crippen LogP contribution in [0, 0.1) is 23.2 Å². The number of nitriles is 1. The van der Waals surface area contributed by atoms with Gasteiger partial charge in [-0.1, -0.05) is 0 Å². The van der Waals surface area contributed by atoms with Crippen LogP contribution in [0.25, 0.3) is 0 Å². The number of hydrogen-bond acceptors (Lipinski definition) is 3. The second-order valence-corrected chi connectivity index (χ2v) is 4.33. The Morgan fingerprint density at radius 2 is 2.06 bits per heavy atom. The highest BCUT2D eigenvalue weighted by Gasteiger charge is 2.42. The normalized spacial score (nSPS) is 21.8. The van der Waals surface area contributed by atoms with Gasteiger partial charge in [0.2, 0.25) is 5.91 Å². The Morgan fingerprint density at radius 3 is 2.50 bits per heavy atom. The molecule has 6 nitrogen and oxygen atoms in total. The van der Waals surface area contributed by atoms with Crippen molar-refractivity contribution in [1.82, 2.24) is 10.2 Å². The molecule has 0 aromatic rings. The molecule has 2 amide bonds. The minimum Gasteiger partial charge on any atom is -0.465 e. The van der Waals surface area contributed by atoms with Gasteiger partial charge in [0, 0.05) is 13.1 Å². The van der Waals surface area contributed by atoms with Crippen molar-refractivity contribution >= 4 is 12.0 Å². The molecule has 0 spiro atoms. The van der Waals surface area contributed by atoms with Gasteiger partial charge in [0.15, 0.2) is 0 Å². The Hall–Kier alpha value is -1.77. The first-order valence-electron chi connectivity index (χ1n) is 5.29. The second kappa shape index (κ2) is 4.00. The summed E-state index contributed by atoms with van der Waals surface area (Å²) in [5.41, 5.74) is 0. The lowest BCUT2D eigenvalue weighted by molar-refractivity contribution is -0.139. The minimum atomic E-state index is -1.16. The monoisotopic (exact) mass is 223 g/mol. The Kier molecular flexibility index (Phi) is 2.69. The highest BCUT2D eigenvalue weighted by atomic mass is 16.4. The first-order chi connectivity index (χ1) is 7.61. The van der Waals surface area contributed by atoms with Crippen LogP contribution in [-0.4, -0.2) is 41.1 Å². The number of carboxylic acid groups (broad SMARTS) is 1. The van der Waals surface area contributed by atoms with Crippen LogP contribution in [0.15, 0.2) is 0 Å². The molecule has 1 atom stereocenters. The maximum atomic E-state index is 11.9. The zero-order chi connectivity index (χ0) is 11.7. The number of nitrogens with one attached hydrogen (secondary N) is 1. The van der Waals surface area contributed by atoms with Crippen LogP contribution < -0.4 is 5.32 Å². The molecule has 2 rings (SSSR count). The van der Waals surface area contributed by atoms with Crippen molar-refractivity contribution in [2.24, 2.45) is 11.8 Å². The third-order valence-electron chi connectivity index (χ3n) is 3.01. The van der Waals surface area contributed by atoms with Crippen LogP contribution >= 0.6 is 0 Å². The van der Waals surface area contributed by atoms with Crippen molar-refractivity contribution in [3.8, 4) is 6.07 Å². The quantitative estimate of drug-likeness (QED) is 0.705. The zero-order valence-corrected chi connectivity index (χ0v) is 8.72. The third kappa shape index (κ3) is 2.08. The molecular weight excluding hydrogens is 210 g/mol. The average Bonchev–Trinajstić information content (AvgIpc) is 2.95. The van der Waals surface area contributed by atoms with Gasteiger partial charge >= 0.3 is 6.09 Å². The van der Waals surface area contributed by atoms with Crippen LogP contribution in [0.5, 0.6) is 0 Å². The largest absolute Gasteiger partial charge is 0.465 e. The van der Waals surface area contributed by atoms with Crippen molar-refractivity contribution in [3.05, 3.63) is 0 Å². The first-order valence-corrected chi connectivity index (χ1v) is 5.29. The first kappa shape index (κ1) is 10.7. The summed E-state index contributed by atoms with van der Waals surface area (Å²) in [4.78, 5) is 24.0. The summed E-state index contributed by atoms with van der Waals surface area (Å²) in [6.45, 7) is 0.861. The van der Waals surface area contributed by atoms with E-state index in [0.29, 0.717) is 13.1 Å². The fraction of sp³-hybridized carbons (Fsp3) is 0.700. The molecule has 0 aromatic heterocycles. The number of amides is 2. The molecular formula is C10H13N3O3. The Balaban J connectivity index is 1.91. The van der Waals surface area contributed by atoms with E-state index in [-0.39, 0.29) is 17.7 Å². The molecule has 2 aliphatic rings. The van der Waals surface area contributed by atoms with Crippen LogP contribution in [-0.2, 0) is 4.79 Å². The highest BCUT2D eigenvalue weighted by molar-refractivity contribution is 5.86. The predicted octanol–water partition coefficient (Wildman–Crippen LogP) is 0.0146. The van der Waals surface area contributed by atoms with Gasteiger partial charge in [-0.15, -0.1) is 0 Å². The molecule has 86 valence electrons. The van der Waals surface area contributed by atoms with E-state index < -0.39 is 12.1 Å². The van der Waals surface area contributed by atoms with Gasteiger partial charge in [0.05, 0.1) is 12.0 Å². The molecule has 16 heavy (non-hydrogen) atoms. The van der Waals surface area contributed by atoms with Crippen LogP contribution in [0.2, 0.25) is 0 Å². The van der Waals surface area contributed by atoms with Crippen LogP contribution in [0.4, 0.5) is 4.79 Å². The Labute approximate surface area is 92.8 Å². The number of hydrogen-bond donors (Lipinski definition) is 2. The van der Waals surface area contributed by atoms with Gasteiger partial charge in [-0.25, -0.2) is 4.79 Å². The summed E-state index contributed by atoms with van der Waals surface area (Å²) in [6.07, 6.45) is 0.626. The second-order valence-electron chi connectivity index (χ2n) is 4.33. The maximum absolute atomic E-state index is 11.9. The summed E-state index contributed by atoms with van der Waals surface area (Å²) in [5.74, 6) is -0.130. The maximum Gasteiger partial charge on any atom is 0.405 e. The zero-order valence-electron chi connectivity index (χ0n) is 8.72. The van der Waals surface area contributed by atoms with Gasteiger partial charge in [-0.2, -0.15) is 5.26 Å². The van der Waals surface area contributed by atoms with Crippen molar-refractivity contribution in [2.75, 3.05) is 13.1 Å². The van der Waals surface area contributed by atoms with E-state index in [2.05, 4.69) is 11.4 Å².